The van der Waals surface area contributed by atoms with Crippen LogP contribution in [0.15, 0.2) is 36.4 Å². The van der Waals surface area contributed by atoms with Gasteiger partial charge in [0, 0.05) is 12.5 Å². The smallest absolute Gasteiger partial charge is 0.170 e. The molecule has 0 aliphatic heterocycles. The number of carbonyl (C=O) groups is 1. The Kier molecular flexibility index (Phi) is 3.74. The van der Waals surface area contributed by atoms with E-state index in [9.17, 15) is 13.6 Å². The number of aryl methyl sites for hydroxylation is 2. The summed E-state index contributed by atoms with van der Waals surface area (Å²) < 4.78 is 26.8. The Balaban J connectivity index is 2.28. The molecule has 0 radical (unpaired) electrons. The zero-order valence-corrected chi connectivity index (χ0v) is 10.8. The van der Waals surface area contributed by atoms with E-state index in [4.69, 9.17) is 0 Å². The first kappa shape index (κ1) is 13.4. The van der Waals surface area contributed by atoms with Crippen molar-refractivity contribution in [3.05, 3.63) is 70.3 Å². The van der Waals surface area contributed by atoms with Gasteiger partial charge in [0.25, 0.3) is 0 Å². The van der Waals surface area contributed by atoms with E-state index >= 15 is 0 Å². The Morgan fingerprint density at radius 3 is 2.47 bits per heavy atom. The summed E-state index contributed by atoms with van der Waals surface area (Å²) in [6.07, 6.45) is 0.115. The Labute approximate surface area is 110 Å². The van der Waals surface area contributed by atoms with Crippen LogP contribution in [0.4, 0.5) is 8.78 Å². The molecule has 0 aromatic heterocycles. The summed E-state index contributed by atoms with van der Waals surface area (Å²) in [6.45, 7) is 3.44. The number of benzene rings is 2. The fraction of sp³-hybridized carbons (Fsp3) is 0.188. The van der Waals surface area contributed by atoms with E-state index in [-0.39, 0.29) is 23.3 Å². The van der Waals surface area contributed by atoms with Crippen LogP contribution in [0.25, 0.3) is 0 Å². The van der Waals surface area contributed by atoms with Crippen LogP contribution in [0.3, 0.4) is 0 Å². The van der Waals surface area contributed by atoms with E-state index in [1.165, 1.54) is 13.0 Å². The molecule has 0 bridgehead atoms. The van der Waals surface area contributed by atoms with Gasteiger partial charge in [0.1, 0.15) is 11.6 Å². The molecule has 0 heterocycles. The highest BCUT2D eigenvalue weighted by atomic mass is 19.1. The Morgan fingerprint density at radius 1 is 1.05 bits per heavy atom. The zero-order chi connectivity index (χ0) is 14.0. The van der Waals surface area contributed by atoms with Gasteiger partial charge in [0.05, 0.1) is 5.56 Å². The third-order valence-corrected chi connectivity index (χ3v) is 3.00. The Hall–Kier alpha value is -2.03. The van der Waals surface area contributed by atoms with Gasteiger partial charge in [-0.2, -0.15) is 0 Å². The number of hydrogen-bond donors (Lipinski definition) is 0. The molecule has 2 rings (SSSR count). The van der Waals surface area contributed by atoms with Gasteiger partial charge in [-0.25, -0.2) is 8.78 Å². The second-order valence-electron chi connectivity index (χ2n) is 4.67. The van der Waals surface area contributed by atoms with Crippen LogP contribution in [0.5, 0.6) is 0 Å². The number of Topliss-reactive ketones (excluding diaryl/α,β-unsaturated/α-hetero) is 1. The first-order chi connectivity index (χ1) is 8.97. The average Bonchev–Trinajstić information content (AvgIpc) is 2.33. The van der Waals surface area contributed by atoms with Crippen molar-refractivity contribution >= 4 is 5.78 Å². The fourth-order valence-corrected chi connectivity index (χ4v) is 1.97. The van der Waals surface area contributed by atoms with Crippen molar-refractivity contribution in [1.29, 1.82) is 0 Å². The molecule has 2 aromatic rings. The maximum Gasteiger partial charge on any atom is 0.170 e. The van der Waals surface area contributed by atoms with E-state index in [1.54, 1.807) is 0 Å². The standard InChI is InChI=1S/C16H14F2O/c1-10-4-3-5-12(6-10)8-16(19)13-7-11(2)14(17)9-15(13)18/h3-7,9H,8H2,1-2H3. The van der Waals surface area contributed by atoms with Gasteiger partial charge in [0.2, 0.25) is 0 Å². The Bertz CT molecular complexity index is 633. The first-order valence-corrected chi connectivity index (χ1v) is 6.02. The van der Waals surface area contributed by atoms with Crippen LogP contribution in [0.2, 0.25) is 0 Å². The molecule has 0 unspecified atom stereocenters. The predicted molar refractivity (Wildman–Crippen MR) is 70.3 cm³/mol. The summed E-state index contributed by atoms with van der Waals surface area (Å²) in [6, 6.07) is 9.51. The summed E-state index contributed by atoms with van der Waals surface area (Å²) in [7, 11) is 0. The quantitative estimate of drug-likeness (QED) is 0.762. The van der Waals surface area contributed by atoms with Crippen molar-refractivity contribution in [2.75, 3.05) is 0 Å². The molecular weight excluding hydrogens is 246 g/mol. The highest BCUT2D eigenvalue weighted by molar-refractivity contribution is 5.97. The van der Waals surface area contributed by atoms with Crippen molar-refractivity contribution in [3.8, 4) is 0 Å². The molecule has 0 saturated heterocycles. The lowest BCUT2D eigenvalue weighted by Gasteiger charge is -2.06. The van der Waals surface area contributed by atoms with Gasteiger partial charge in [-0.05, 0) is 31.0 Å². The number of rotatable bonds is 3. The summed E-state index contributed by atoms with van der Waals surface area (Å²) >= 11 is 0. The zero-order valence-electron chi connectivity index (χ0n) is 10.8. The molecule has 0 spiro atoms. The van der Waals surface area contributed by atoms with Crippen LogP contribution >= 0.6 is 0 Å². The van der Waals surface area contributed by atoms with Crippen molar-refractivity contribution in [2.45, 2.75) is 20.3 Å². The monoisotopic (exact) mass is 260 g/mol. The van der Waals surface area contributed by atoms with Gasteiger partial charge in [-0.3, -0.25) is 4.79 Å². The Morgan fingerprint density at radius 2 is 1.79 bits per heavy atom. The molecule has 0 atom stereocenters. The largest absolute Gasteiger partial charge is 0.294 e. The van der Waals surface area contributed by atoms with Gasteiger partial charge < -0.3 is 0 Å². The number of hydrogen-bond acceptors (Lipinski definition) is 1. The maximum atomic E-state index is 13.6. The first-order valence-electron chi connectivity index (χ1n) is 6.02. The molecule has 0 aliphatic rings. The summed E-state index contributed by atoms with van der Waals surface area (Å²) in [5.41, 5.74) is 2.09. The minimum Gasteiger partial charge on any atom is -0.294 e. The SMILES string of the molecule is Cc1cccc(CC(=O)c2cc(C)c(F)cc2F)c1. The molecule has 19 heavy (non-hydrogen) atoms. The van der Waals surface area contributed by atoms with Crippen molar-refractivity contribution < 1.29 is 13.6 Å². The third-order valence-electron chi connectivity index (χ3n) is 3.00. The molecule has 0 amide bonds. The van der Waals surface area contributed by atoms with E-state index in [1.807, 2.05) is 31.2 Å². The second kappa shape index (κ2) is 5.31. The van der Waals surface area contributed by atoms with Gasteiger partial charge in [-0.1, -0.05) is 29.8 Å². The van der Waals surface area contributed by atoms with Crippen LogP contribution in [-0.4, -0.2) is 5.78 Å². The molecule has 0 saturated carbocycles. The summed E-state index contributed by atoms with van der Waals surface area (Å²) in [4.78, 5) is 12.0. The lowest BCUT2D eigenvalue weighted by Crippen LogP contribution is -2.07. The molecule has 0 aliphatic carbocycles. The molecule has 1 nitrogen and oxygen atoms in total. The highest BCUT2D eigenvalue weighted by Gasteiger charge is 2.15. The molecule has 0 N–H and O–H groups in total. The van der Waals surface area contributed by atoms with Gasteiger partial charge in [0.15, 0.2) is 5.78 Å². The van der Waals surface area contributed by atoms with Crippen LogP contribution in [0.1, 0.15) is 27.0 Å². The molecule has 3 heteroatoms. The molecule has 2 aromatic carbocycles. The van der Waals surface area contributed by atoms with E-state index < -0.39 is 11.6 Å². The average molecular weight is 260 g/mol. The molecule has 98 valence electrons. The topological polar surface area (TPSA) is 17.1 Å². The van der Waals surface area contributed by atoms with E-state index in [0.29, 0.717) is 0 Å². The van der Waals surface area contributed by atoms with E-state index in [0.717, 1.165) is 17.2 Å². The lowest BCUT2D eigenvalue weighted by molar-refractivity contribution is 0.0989. The second-order valence-corrected chi connectivity index (χ2v) is 4.67. The van der Waals surface area contributed by atoms with Gasteiger partial charge in [-0.15, -0.1) is 0 Å². The fourth-order valence-electron chi connectivity index (χ4n) is 1.97. The third kappa shape index (κ3) is 3.05. The summed E-state index contributed by atoms with van der Waals surface area (Å²) in [5, 5.41) is 0. The van der Waals surface area contributed by atoms with Crippen LogP contribution in [0, 0.1) is 25.5 Å². The molecular formula is C16H14F2O. The number of ketones is 1. The number of halogens is 2. The highest BCUT2D eigenvalue weighted by Crippen LogP contribution is 2.17. The minimum atomic E-state index is -0.805. The van der Waals surface area contributed by atoms with Crippen LogP contribution < -0.4 is 0 Å². The van der Waals surface area contributed by atoms with Gasteiger partial charge >= 0.3 is 0 Å². The van der Waals surface area contributed by atoms with Crippen molar-refractivity contribution in [1.82, 2.24) is 0 Å². The maximum absolute atomic E-state index is 13.6. The molecule has 0 fully saturated rings. The van der Waals surface area contributed by atoms with Crippen molar-refractivity contribution in [2.24, 2.45) is 0 Å². The predicted octanol–water partition coefficient (Wildman–Crippen LogP) is 4.01. The van der Waals surface area contributed by atoms with E-state index in [2.05, 4.69) is 0 Å². The van der Waals surface area contributed by atoms with Crippen molar-refractivity contribution in [3.63, 3.8) is 0 Å². The minimum absolute atomic E-state index is 0.0552. The van der Waals surface area contributed by atoms with Crippen LogP contribution in [-0.2, 0) is 6.42 Å². The normalized spacial score (nSPS) is 10.5. The lowest BCUT2D eigenvalue weighted by atomic mass is 10.00. The summed E-state index contributed by atoms with van der Waals surface area (Å²) in [5.74, 6) is -1.78. The number of carbonyl (C=O) groups excluding carboxylic acids is 1.